The van der Waals surface area contributed by atoms with Gasteiger partial charge in [0.05, 0.1) is 21.5 Å². The summed E-state index contributed by atoms with van der Waals surface area (Å²) in [5.41, 5.74) is 0.983. The Bertz CT molecular complexity index is 1160. The van der Waals surface area contributed by atoms with Crippen molar-refractivity contribution in [3.8, 4) is 11.3 Å². The molecule has 4 nitrogen and oxygen atoms in total. The number of pyridine rings is 1. The molecule has 160 valence electrons. The quantitative estimate of drug-likeness (QED) is 0.467. The van der Waals surface area contributed by atoms with Crippen molar-refractivity contribution in [3.63, 3.8) is 0 Å². The molecule has 4 rings (SSSR count). The average Bonchev–Trinajstić information content (AvgIpc) is 3.20. The minimum absolute atomic E-state index is 0.0992. The molecule has 1 aromatic carbocycles. The van der Waals surface area contributed by atoms with Crippen LogP contribution in [0.2, 0.25) is 10.0 Å². The van der Waals surface area contributed by atoms with Crippen molar-refractivity contribution >= 4 is 28.8 Å². The summed E-state index contributed by atoms with van der Waals surface area (Å²) >= 11 is 12.1. The smallest absolute Gasteiger partial charge is 0.383 e. The van der Waals surface area contributed by atoms with Gasteiger partial charge >= 0.3 is 6.18 Å². The van der Waals surface area contributed by atoms with Crippen molar-refractivity contribution in [2.45, 2.75) is 18.7 Å². The van der Waals surface area contributed by atoms with Gasteiger partial charge in [0.1, 0.15) is 11.8 Å². The molecule has 1 aliphatic rings. The minimum atomic E-state index is -4.50. The zero-order valence-electron chi connectivity index (χ0n) is 15.8. The summed E-state index contributed by atoms with van der Waals surface area (Å²) in [4.78, 5) is 3.98. The topological polar surface area (TPSA) is 59.2 Å². The maximum Gasteiger partial charge on any atom is 0.396 e. The first-order chi connectivity index (χ1) is 14.8. The van der Waals surface area contributed by atoms with Gasteiger partial charge in [0.15, 0.2) is 5.76 Å². The zero-order valence-corrected chi connectivity index (χ0v) is 17.3. The summed E-state index contributed by atoms with van der Waals surface area (Å²) in [6.45, 7) is 0. The molecule has 31 heavy (non-hydrogen) atoms. The summed E-state index contributed by atoms with van der Waals surface area (Å²) < 4.78 is 46.6. The van der Waals surface area contributed by atoms with Gasteiger partial charge in [-0.1, -0.05) is 58.7 Å². The Kier molecular flexibility index (Phi) is 5.92. The molecular weight excluding hydrogens is 452 g/mol. The standard InChI is InChI=1S/C22H15Cl2F3N2O2/c23-16-8-7-12(10-17(16)24)19-18(20(30)13-4-3-9-28-11-13)21(31-29-19)14-5-1-2-6-15(14)22(25,26)27/h1-5,7-11,15,20,30H,6H2. The van der Waals surface area contributed by atoms with E-state index in [1.165, 1.54) is 42.8 Å². The lowest BCUT2D eigenvalue weighted by Crippen LogP contribution is -2.25. The van der Waals surface area contributed by atoms with Crippen LogP contribution in [0, 0.1) is 5.92 Å². The molecule has 3 aromatic rings. The van der Waals surface area contributed by atoms with E-state index < -0.39 is 18.2 Å². The van der Waals surface area contributed by atoms with Crippen LogP contribution in [0.15, 0.2) is 65.5 Å². The summed E-state index contributed by atoms with van der Waals surface area (Å²) in [5, 5.41) is 15.7. The van der Waals surface area contributed by atoms with Crippen LogP contribution < -0.4 is 0 Å². The Morgan fingerprint density at radius 2 is 1.97 bits per heavy atom. The van der Waals surface area contributed by atoms with E-state index in [9.17, 15) is 18.3 Å². The SMILES string of the molecule is OC(c1cccnc1)c1c(-c2ccc(Cl)c(Cl)c2)noc1C1=CC=CCC1C(F)(F)F. The number of rotatable bonds is 4. The zero-order chi connectivity index (χ0) is 22.2. The Morgan fingerprint density at radius 3 is 2.65 bits per heavy atom. The van der Waals surface area contributed by atoms with Crippen molar-refractivity contribution in [1.82, 2.24) is 10.1 Å². The van der Waals surface area contributed by atoms with Gasteiger partial charge in [-0.2, -0.15) is 13.2 Å². The number of nitrogens with zero attached hydrogens (tertiary/aromatic N) is 2. The molecular formula is C22H15Cl2F3N2O2. The number of benzene rings is 1. The van der Waals surface area contributed by atoms with Gasteiger partial charge in [0.2, 0.25) is 0 Å². The first kappa shape index (κ1) is 21.6. The number of aliphatic hydroxyl groups is 1. The van der Waals surface area contributed by atoms with Crippen LogP contribution >= 0.6 is 23.2 Å². The van der Waals surface area contributed by atoms with Crippen molar-refractivity contribution in [3.05, 3.63) is 87.9 Å². The fourth-order valence-corrected chi connectivity index (χ4v) is 3.79. The molecule has 0 saturated carbocycles. The minimum Gasteiger partial charge on any atom is -0.383 e. The van der Waals surface area contributed by atoms with Crippen molar-refractivity contribution in [2.75, 3.05) is 0 Å². The molecule has 1 aliphatic carbocycles. The van der Waals surface area contributed by atoms with Crippen LogP contribution in [0.25, 0.3) is 16.8 Å². The number of hydrogen-bond donors (Lipinski definition) is 1. The van der Waals surface area contributed by atoms with Crippen LogP contribution in [0.4, 0.5) is 13.2 Å². The second-order valence-electron chi connectivity index (χ2n) is 6.97. The van der Waals surface area contributed by atoms with E-state index in [0.29, 0.717) is 16.1 Å². The summed E-state index contributed by atoms with van der Waals surface area (Å²) in [7, 11) is 0. The number of hydrogen-bond acceptors (Lipinski definition) is 4. The molecule has 0 aliphatic heterocycles. The van der Waals surface area contributed by atoms with Gasteiger partial charge in [-0.05, 0) is 24.6 Å². The number of halogens is 5. The Balaban J connectivity index is 1.92. The Labute approximate surface area is 185 Å². The number of allylic oxidation sites excluding steroid dienone is 4. The average molecular weight is 467 g/mol. The fraction of sp³-hybridized carbons (Fsp3) is 0.182. The van der Waals surface area contributed by atoms with E-state index in [-0.39, 0.29) is 34.0 Å². The molecule has 2 atom stereocenters. The largest absolute Gasteiger partial charge is 0.396 e. The summed E-state index contributed by atoms with van der Waals surface area (Å²) in [6, 6.07) is 7.89. The van der Waals surface area contributed by atoms with Crippen molar-refractivity contribution < 1.29 is 22.8 Å². The maximum absolute atomic E-state index is 13.7. The molecule has 2 unspecified atom stereocenters. The van der Waals surface area contributed by atoms with Crippen molar-refractivity contribution in [1.29, 1.82) is 0 Å². The van der Waals surface area contributed by atoms with Gasteiger partial charge in [-0.3, -0.25) is 4.98 Å². The maximum atomic E-state index is 13.7. The first-order valence-corrected chi connectivity index (χ1v) is 9.99. The third kappa shape index (κ3) is 4.26. The van der Waals surface area contributed by atoms with E-state index in [1.54, 1.807) is 18.2 Å². The van der Waals surface area contributed by atoms with E-state index >= 15 is 0 Å². The van der Waals surface area contributed by atoms with Crippen LogP contribution in [0.5, 0.6) is 0 Å². The predicted octanol–water partition coefficient (Wildman–Crippen LogP) is 6.65. The highest BCUT2D eigenvalue weighted by atomic mass is 35.5. The van der Waals surface area contributed by atoms with Gasteiger partial charge < -0.3 is 9.63 Å². The number of aromatic nitrogens is 2. The second kappa shape index (κ2) is 8.49. The molecule has 0 saturated heterocycles. The monoisotopic (exact) mass is 466 g/mol. The van der Waals surface area contributed by atoms with Crippen molar-refractivity contribution in [2.24, 2.45) is 5.92 Å². The van der Waals surface area contributed by atoms with Gasteiger partial charge in [0.25, 0.3) is 0 Å². The van der Waals surface area contributed by atoms with Crippen LogP contribution in [-0.2, 0) is 0 Å². The highest BCUT2D eigenvalue weighted by Crippen LogP contribution is 2.46. The number of aliphatic hydroxyl groups excluding tert-OH is 1. The van der Waals surface area contributed by atoms with Gasteiger partial charge in [0, 0.05) is 29.1 Å². The molecule has 0 spiro atoms. The summed E-state index contributed by atoms with van der Waals surface area (Å²) in [6.07, 6.45) is 1.19. The molecule has 9 heteroatoms. The third-order valence-electron chi connectivity index (χ3n) is 5.01. The van der Waals surface area contributed by atoms with Crippen LogP contribution in [0.3, 0.4) is 0 Å². The second-order valence-corrected chi connectivity index (χ2v) is 7.79. The molecule has 1 N–H and O–H groups in total. The first-order valence-electron chi connectivity index (χ1n) is 9.24. The molecule has 0 amide bonds. The lowest BCUT2D eigenvalue weighted by Gasteiger charge is -2.24. The normalized spacial score (nSPS) is 17.5. The number of alkyl halides is 3. The van der Waals surface area contributed by atoms with Crippen LogP contribution in [-0.4, -0.2) is 21.4 Å². The molecule has 2 heterocycles. The lowest BCUT2D eigenvalue weighted by atomic mass is 9.85. The van der Waals surface area contributed by atoms with E-state index in [0.717, 1.165) is 0 Å². The highest BCUT2D eigenvalue weighted by Gasteiger charge is 2.44. The lowest BCUT2D eigenvalue weighted by molar-refractivity contribution is -0.157. The Morgan fingerprint density at radius 1 is 1.16 bits per heavy atom. The van der Waals surface area contributed by atoms with Gasteiger partial charge in [-0.25, -0.2) is 0 Å². The molecule has 2 aromatic heterocycles. The van der Waals surface area contributed by atoms with E-state index in [2.05, 4.69) is 10.1 Å². The molecule has 0 fully saturated rings. The van der Waals surface area contributed by atoms with E-state index in [4.69, 9.17) is 27.7 Å². The third-order valence-corrected chi connectivity index (χ3v) is 5.75. The Hall–Kier alpha value is -2.61. The van der Waals surface area contributed by atoms with E-state index in [1.807, 2.05) is 0 Å². The predicted molar refractivity (Wildman–Crippen MR) is 112 cm³/mol. The summed E-state index contributed by atoms with van der Waals surface area (Å²) in [5.74, 6) is -1.92. The highest BCUT2D eigenvalue weighted by molar-refractivity contribution is 6.42. The molecule has 0 radical (unpaired) electrons. The molecule has 0 bridgehead atoms. The van der Waals surface area contributed by atoms with Gasteiger partial charge in [-0.15, -0.1) is 0 Å². The van der Waals surface area contributed by atoms with Crippen LogP contribution in [0.1, 0.15) is 29.4 Å². The fourth-order valence-electron chi connectivity index (χ4n) is 3.49.